The van der Waals surface area contributed by atoms with Crippen LogP contribution in [0.1, 0.15) is 39.6 Å². The van der Waals surface area contributed by atoms with Crippen LogP contribution in [0.15, 0.2) is 46.9 Å². The first-order valence-electron chi connectivity index (χ1n) is 10.9. The van der Waals surface area contributed by atoms with Gasteiger partial charge in [-0.3, -0.25) is 4.79 Å². The van der Waals surface area contributed by atoms with Crippen LogP contribution in [-0.4, -0.2) is 39.9 Å². The van der Waals surface area contributed by atoms with Crippen molar-refractivity contribution in [2.75, 3.05) is 18.4 Å². The third kappa shape index (κ3) is 3.37. The zero-order valence-corrected chi connectivity index (χ0v) is 18.2. The number of anilines is 1. The average Bonchev–Trinajstić information content (AvgIpc) is 3.12. The minimum absolute atomic E-state index is 0.0615. The molecule has 1 saturated carbocycles. The van der Waals surface area contributed by atoms with Gasteiger partial charge in [0.25, 0.3) is 11.9 Å². The number of nitrogens with one attached hydrogen (secondary N) is 1. The lowest BCUT2D eigenvalue weighted by molar-refractivity contribution is 0.0709. The Balaban J connectivity index is 1.23. The zero-order chi connectivity index (χ0) is 20.9. The van der Waals surface area contributed by atoms with Crippen molar-refractivity contribution >= 4 is 39.9 Å². The van der Waals surface area contributed by atoms with Gasteiger partial charge in [0, 0.05) is 13.1 Å². The number of benzene rings is 1. The summed E-state index contributed by atoms with van der Waals surface area (Å²) in [5.41, 5.74) is 3.45. The molecule has 1 N–H and O–H groups in total. The molecule has 1 aliphatic heterocycles. The van der Waals surface area contributed by atoms with Gasteiger partial charge in [-0.15, -0.1) is 11.3 Å². The quantitative estimate of drug-likeness (QED) is 0.621. The number of amides is 1. The molecule has 158 valence electrons. The third-order valence-corrected chi connectivity index (χ3v) is 7.61. The Morgan fingerprint density at radius 3 is 3.06 bits per heavy atom. The summed E-state index contributed by atoms with van der Waals surface area (Å²) in [6.45, 7) is 3.44. The molecule has 6 nitrogen and oxygen atoms in total. The van der Waals surface area contributed by atoms with Crippen LogP contribution in [0.4, 0.5) is 6.01 Å². The van der Waals surface area contributed by atoms with E-state index in [2.05, 4.69) is 33.5 Å². The molecule has 2 fully saturated rings. The minimum atomic E-state index is 0.0615. The molecule has 1 aromatic carbocycles. The first kappa shape index (κ1) is 18.8. The van der Waals surface area contributed by atoms with Crippen LogP contribution in [0.2, 0.25) is 0 Å². The fourth-order valence-electron chi connectivity index (χ4n) is 4.92. The third-order valence-electron chi connectivity index (χ3n) is 6.56. The van der Waals surface area contributed by atoms with Crippen LogP contribution in [0.3, 0.4) is 0 Å². The van der Waals surface area contributed by atoms with Crippen molar-refractivity contribution in [3.05, 3.63) is 58.1 Å². The summed E-state index contributed by atoms with van der Waals surface area (Å²) in [6.07, 6.45) is 9.55. The second-order valence-electron chi connectivity index (χ2n) is 8.62. The van der Waals surface area contributed by atoms with E-state index in [0.29, 0.717) is 30.1 Å². The number of para-hydroxylation sites is 2. The monoisotopic (exact) mass is 432 g/mol. The fraction of sp³-hybridized carbons (Fsp3) is 0.375. The SMILES string of the molecule is Cc1nc(C(=O)N2C[C@@H]3C[C@@H]3[C@H]2CNc2nc3ccccc3o2)c(C2=CC=CCC2)s1. The molecule has 2 aromatic heterocycles. The Hall–Kier alpha value is -2.93. The van der Waals surface area contributed by atoms with E-state index < -0.39 is 0 Å². The fourth-order valence-corrected chi connectivity index (χ4v) is 5.89. The van der Waals surface area contributed by atoms with Gasteiger partial charge in [-0.1, -0.05) is 30.4 Å². The predicted octanol–water partition coefficient (Wildman–Crippen LogP) is 4.90. The van der Waals surface area contributed by atoms with Crippen molar-refractivity contribution < 1.29 is 9.21 Å². The molecule has 1 saturated heterocycles. The number of carbonyl (C=O) groups is 1. The van der Waals surface area contributed by atoms with E-state index in [1.54, 1.807) is 11.3 Å². The smallest absolute Gasteiger partial charge is 0.295 e. The van der Waals surface area contributed by atoms with E-state index in [9.17, 15) is 4.79 Å². The topological polar surface area (TPSA) is 71.3 Å². The summed E-state index contributed by atoms with van der Waals surface area (Å²) in [5.74, 6) is 1.23. The molecule has 7 heteroatoms. The number of piperidine rings is 1. The number of hydrogen-bond acceptors (Lipinski definition) is 6. The number of likely N-dealkylation sites (tertiary alicyclic amines) is 1. The Morgan fingerprint density at radius 1 is 1.32 bits per heavy atom. The molecule has 0 radical (unpaired) electrons. The van der Waals surface area contributed by atoms with Crippen LogP contribution in [0.25, 0.3) is 16.7 Å². The summed E-state index contributed by atoms with van der Waals surface area (Å²) in [5, 5.41) is 4.29. The highest BCUT2D eigenvalue weighted by Crippen LogP contribution is 2.50. The maximum Gasteiger partial charge on any atom is 0.295 e. The molecule has 2 aliphatic carbocycles. The number of carbonyl (C=O) groups excluding carboxylic acids is 1. The Kier molecular flexibility index (Phi) is 4.45. The number of thiazole rings is 1. The van der Waals surface area contributed by atoms with Crippen molar-refractivity contribution in [3.8, 4) is 0 Å². The van der Waals surface area contributed by atoms with Crippen molar-refractivity contribution in [3.63, 3.8) is 0 Å². The standard InChI is InChI=1S/C24H24N4O2S/c1-14-26-21(22(31-14)15-7-3-2-4-8-15)23(29)28-13-16-11-17(16)19(28)12-25-24-27-18-9-5-6-10-20(18)30-24/h2-3,5-7,9-10,16-17,19H,4,8,11-13H2,1H3,(H,25,27)/t16-,17-,19+/m0/s1. The van der Waals surface area contributed by atoms with Crippen LogP contribution in [0, 0.1) is 18.8 Å². The number of fused-ring (bicyclic) bond motifs is 2. The molecule has 1 amide bonds. The highest BCUT2D eigenvalue weighted by atomic mass is 32.1. The van der Waals surface area contributed by atoms with E-state index in [-0.39, 0.29) is 11.9 Å². The molecule has 3 atom stereocenters. The van der Waals surface area contributed by atoms with E-state index in [0.717, 1.165) is 40.4 Å². The van der Waals surface area contributed by atoms with Crippen LogP contribution in [0.5, 0.6) is 0 Å². The van der Waals surface area contributed by atoms with Crippen molar-refractivity contribution in [2.45, 2.75) is 32.2 Å². The molecular weight excluding hydrogens is 408 g/mol. The van der Waals surface area contributed by atoms with Gasteiger partial charge in [-0.05, 0) is 55.7 Å². The minimum Gasteiger partial charge on any atom is -0.424 e. The second kappa shape index (κ2) is 7.34. The maximum absolute atomic E-state index is 13.6. The molecule has 0 unspecified atom stereocenters. The lowest BCUT2D eigenvalue weighted by atomic mass is 10.0. The number of aryl methyl sites for hydroxylation is 1. The first-order chi connectivity index (χ1) is 15.2. The van der Waals surface area contributed by atoms with E-state index in [1.165, 1.54) is 12.0 Å². The number of rotatable bonds is 5. The summed E-state index contributed by atoms with van der Waals surface area (Å²) >= 11 is 1.63. The van der Waals surface area contributed by atoms with Gasteiger partial charge < -0.3 is 14.6 Å². The molecular formula is C24H24N4O2S. The van der Waals surface area contributed by atoms with Crippen molar-refractivity contribution in [2.24, 2.45) is 11.8 Å². The molecule has 0 spiro atoms. The highest BCUT2D eigenvalue weighted by molar-refractivity contribution is 7.13. The predicted molar refractivity (Wildman–Crippen MR) is 122 cm³/mol. The van der Waals surface area contributed by atoms with E-state index in [1.807, 2.05) is 36.1 Å². The van der Waals surface area contributed by atoms with Gasteiger partial charge in [-0.2, -0.15) is 4.98 Å². The normalized spacial score (nSPS) is 24.4. The highest BCUT2D eigenvalue weighted by Gasteiger charge is 2.54. The van der Waals surface area contributed by atoms with Crippen molar-refractivity contribution in [1.82, 2.24) is 14.9 Å². The van der Waals surface area contributed by atoms with Crippen LogP contribution < -0.4 is 5.32 Å². The van der Waals surface area contributed by atoms with E-state index in [4.69, 9.17) is 4.42 Å². The summed E-state index contributed by atoms with van der Waals surface area (Å²) < 4.78 is 5.81. The lowest BCUT2D eigenvalue weighted by Gasteiger charge is -2.27. The van der Waals surface area contributed by atoms with Gasteiger partial charge in [-0.25, -0.2) is 4.98 Å². The van der Waals surface area contributed by atoms with Gasteiger partial charge in [0.15, 0.2) is 5.58 Å². The van der Waals surface area contributed by atoms with Gasteiger partial charge in [0.1, 0.15) is 11.2 Å². The van der Waals surface area contributed by atoms with Gasteiger partial charge >= 0.3 is 0 Å². The molecule has 3 heterocycles. The van der Waals surface area contributed by atoms with Crippen LogP contribution in [-0.2, 0) is 0 Å². The maximum atomic E-state index is 13.6. The van der Waals surface area contributed by atoms with Crippen LogP contribution >= 0.6 is 11.3 Å². The Labute approximate surface area is 184 Å². The van der Waals surface area contributed by atoms with E-state index >= 15 is 0 Å². The number of nitrogens with zero attached hydrogens (tertiary/aromatic N) is 3. The number of aromatic nitrogens is 2. The molecule has 0 bridgehead atoms. The van der Waals surface area contributed by atoms with Gasteiger partial charge in [0.05, 0.1) is 15.9 Å². The average molecular weight is 433 g/mol. The lowest BCUT2D eigenvalue weighted by Crippen LogP contribution is -2.42. The van der Waals surface area contributed by atoms with Gasteiger partial charge in [0.2, 0.25) is 0 Å². The van der Waals surface area contributed by atoms with Crippen molar-refractivity contribution in [1.29, 1.82) is 0 Å². The molecule has 3 aliphatic rings. The number of oxazole rings is 1. The molecule has 31 heavy (non-hydrogen) atoms. The second-order valence-corrected chi connectivity index (χ2v) is 9.82. The Bertz CT molecular complexity index is 1190. The summed E-state index contributed by atoms with van der Waals surface area (Å²) in [4.78, 5) is 25.9. The molecule has 3 aromatic rings. The molecule has 6 rings (SSSR count). The Morgan fingerprint density at radius 2 is 2.23 bits per heavy atom. The number of allylic oxidation sites excluding steroid dienone is 4. The first-order valence-corrected chi connectivity index (χ1v) is 11.7. The summed E-state index contributed by atoms with van der Waals surface area (Å²) in [6, 6.07) is 8.40. The largest absolute Gasteiger partial charge is 0.424 e. The zero-order valence-electron chi connectivity index (χ0n) is 17.4. The summed E-state index contributed by atoms with van der Waals surface area (Å²) in [7, 11) is 0. The number of hydrogen-bond donors (Lipinski definition) is 1.